The molecule has 0 unspecified atom stereocenters. The van der Waals surface area contributed by atoms with Gasteiger partial charge in [-0.15, -0.1) is 0 Å². The van der Waals surface area contributed by atoms with Crippen LogP contribution in [0.4, 0.5) is 0 Å². The summed E-state index contributed by atoms with van der Waals surface area (Å²) in [6.45, 7) is 2.16. The number of ether oxygens (including phenoxy) is 3. The maximum absolute atomic E-state index is 13.2. The van der Waals surface area contributed by atoms with Crippen molar-refractivity contribution in [3.05, 3.63) is 87.2 Å². The van der Waals surface area contributed by atoms with Crippen LogP contribution >= 0.6 is 11.6 Å². The van der Waals surface area contributed by atoms with Crippen LogP contribution in [0, 0.1) is 6.92 Å². The average molecular weight is 437 g/mol. The van der Waals surface area contributed by atoms with E-state index in [9.17, 15) is 4.79 Å². The SMILES string of the molecule is COc1ccc(-c2c(C)oc3cc(OCc4ccc(Cl)cc4)ccc3c2=O)cc1OC. The number of aryl methyl sites for hydroxylation is 1. The maximum Gasteiger partial charge on any atom is 0.200 e. The van der Waals surface area contributed by atoms with E-state index in [1.54, 1.807) is 51.5 Å². The molecular formula is C25H21ClO5. The van der Waals surface area contributed by atoms with Gasteiger partial charge >= 0.3 is 0 Å². The normalized spacial score (nSPS) is 10.8. The minimum atomic E-state index is -0.116. The first-order valence-corrected chi connectivity index (χ1v) is 10.0. The molecule has 0 radical (unpaired) electrons. The Morgan fingerprint density at radius 1 is 0.903 bits per heavy atom. The van der Waals surface area contributed by atoms with E-state index >= 15 is 0 Å². The third kappa shape index (κ3) is 4.23. The molecule has 0 saturated carbocycles. The summed E-state index contributed by atoms with van der Waals surface area (Å²) in [6, 6.07) is 18.0. The number of halogens is 1. The van der Waals surface area contributed by atoms with Gasteiger partial charge < -0.3 is 18.6 Å². The van der Waals surface area contributed by atoms with Crippen molar-refractivity contribution in [2.45, 2.75) is 13.5 Å². The van der Waals surface area contributed by atoms with E-state index < -0.39 is 0 Å². The van der Waals surface area contributed by atoms with Crippen LogP contribution in [0.2, 0.25) is 5.02 Å². The highest BCUT2D eigenvalue weighted by Gasteiger charge is 2.16. The Bertz CT molecular complexity index is 1290. The van der Waals surface area contributed by atoms with Gasteiger partial charge in [0.1, 0.15) is 23.7 Å². The molecule has 0 spiro atoms. The van der Waals surface area contributed by atoms with Gasteiger partial charge in [-0.1, -0.05) is 29.8 Å². The Hall–Kier alpha value is -3.44. The average Bonchev–Trinajstić information content (AvgIpc) is 2.78. The Morgan fingerprint density at radius 2 is 1.65 bits per heavy atom. The van der Waals surface area contributed by atoms with Crippen molar-refractivity contribution in [2.75, 3.05) is 14.2 Å². The van der Waals surface area contributed by atoms with Crippen LogP contribution < -0.4 is 19.6 Å². The molecule has 0 fully saturated rings. The first-order chi connectivity index (χ1) is 15.0. The summed E-state index contributed by atoms with van der Waals surface area (Å²) in [5.74, 6) is 2.27. The molecule has 4 aromatic rings. The topological polar surface area (TPSA) is 57.9 Å². The summed E-state index contributed by atoms with van der Waals surface area (Å²) in [5, 5.41) is 1.16. The highest BCUT2D eigenvalue weighted by atomic mass is 35.5. The number of hydrogen-bond donors (Lipinski definition) is 0. The lowest BCUT2D eigenvalue weighted by atomic mass is 10.0. The van der Waals surface area contributed by atoms with E-state index in [0.717, 1.165) is 5.56 Å². The standard InChI is InChI=1S/C25H21ClO5/c1-15-24(17-6-11-21(28-2)23(12-17)29-3)25(27)20-10-9-19(13-22(20)31-15)30-14-16-4-7-18(26)8-5-16/h4-13H,14H2,1-3H3. The highest BCUT2D eigenvalue weighted by molar-refractivity contribution is 6.30. The van der Waals surface area contributed by atoms with Crippen LogP contribution in [0.25, 0.3) is 22.1 Å². The summed E-state index contributed by atoms with van der Waals surface area (Å²) >= 11 is 5.92. The van der Waals surface area contributed by atoms with Crippen molar-refractivity contribution in [1.82, 2.24) is 0 Å². The molecule has 31 heavy (non-hydrogen) atoms. The summed E-state index contributed by atoms with van der Waals surface area (Å²) in [7, 11) is 3.13. The lowest BCUT2D eigenvalue weighted by molar-refractivity contribution is 0.306. The zero-order valence-electron chi connectivity index (χ0n) is 17.4. The van der Waals surface area contributed by atoms with Crippen molar-refractivity contribution >= 4 is 22.6 Å². The first-order valence-electron chi connectivity index (χ1n) is 9.67. The third-order valence-corrected chi connectivity index (χ3v) is 5.28. The molecule has 6 heteroatoms. The second-order valence-electron chi connectivity index (χ2n) is 7.01. The molecule has 3 aromatic carbocycles. The maximum atomic E-state index is 13.2. The third-order valence-electron chi connectivity index (χ3n) is 5.03. The number of benzene rings is 3. The van der Waals surface area contributed by atoms with Crippen molar-refractivity contribution in [1.29, 1.82) is 0 Å². The van der Waals surface area contributed by atoms with E-state index in [-0.39, 0.29) is 5.43 Å². The highest BCUT2D eigenvalue weighted by Crippen LogP contribution is 2.33. The Kier molecular flexibility index (Phi) is 5.87. The van der Waals surface area contributed by atoms with Crippen molar-refractivity contribution in [3.63, 3.8) is 0 Å². The Labute approximate surface area is 184 Å². The van der Waals surface area contributed by atoms with Gasteiger partial charge in [0.05, 0.1) is 25.2 Å². The van der Waals surface area contributed by atoms with Gasteiger partial charge in [0.25, 0.3) is 0 Å². The fourth-order valence-electron chi connectivity index (χ4n) is 3.45. The molecule has 1 aromatic heterocycles. The van der Waals surface area contributed by atoms with Gasteiger partial charge in [-0.3, -0.25) is 4.79 Å². The molecule has 0 amide bonds. The van der Waals surface area contributed by atoms with Crippen LogP contribution in [-0.4, -0.2) is 14.2 Å². The quantitative estimate of drug-likeness (QED) is 0.370. The second kappa shape index (κ2) is 8.74. The fraction of sp³-hybridized carbons (Fsp3) is 0.160. The van der Waals surface area contributed by atoms with Gasteiger partial charge in [0, 0.05) is 11.1 Å². The first kappa shape index (κ1) is 20.8. The van der Waals surface area contributed by atoms with E-state index in [1.807, 2.05) is 30.3 Å². The van der Waals surface area contributed by atoms with Crippen molar-refractivity contribution in [2.24, 2.45) is 0 Å². The minimum Gasteiger partial charge on any atom is -0.493 e. The Balaban J connectivity index is 1.68. The van der Waals surface area contributed by atoms with Crippen LogP contribution in [0.5, 0.6) is 17.2 Å². The fourth-order valence-corrected chi connectivity index (χ4v) is 3.57. The summed E-state index contributed by atoms with van der Waals surface area (Å²) < 4.78 is 22.5. The molecule has 0 aliphatic heterocycles. The molecule has 4 rings (SSSR count). The smallest absolute Gasteiger partial charge is 0.200 e. The molecule has 0 atom stereocenters. The van der Waals surface area contributed by atoms with Gasteiger partial charge in [-0.25, -0.2) is 0 Å². The predicted molar refractivity (Wildman–Crippen MR) is 122 cm³/mol. The molecule has 0 aliphatic carbocycles. The number of hydrogen-bond acceptors (Lipinski definition) is 5. The molecule has 158 valence electrons. The predicted octanol–water partition coefficient (Wildman–Crippen LogP) is 6.02. The van der Waals surface area contributed by atoms with Crippen molar-refractivity contribution in [3.8, 4) is 28.4 Å². The van der Waals surface area contributed by atoms with Crippen LogP contribution in [0.3, 0.4) is 0 Å². The molecule has 0 saturated heterocycles. The summed E-state index contributed by atoms with van der Waals surface area (Å²) in [4.78, 5) is 13.2. The minimum absolute atomic E-state index is 0.116. The van der Waals surface area contributed by atoms with E-state index in [2.05, 4.69) is 0 Å². The summed E-state index contributed by atoms with van der Waals surface area (Å²) in [5.41, 5.74) is 2.54. The van der Waals surface area contributed by atoms with E-state index in [1.165, 1.54) is 0 Å². The summed E-state index contributed by atoms with van der Waals surface area (Å²) in [6.07, 6.45) is 0. The lowest BCUT2D eigenvalue weighted by Gasteiger charge is -2.12. The van der Waals surface area contributed by atoms with E-state index in [4.69, 9.17) is 30.2 Å². The number of rotatable bonds is 6. The van der Waals surface area contributed by atoms with Gasteiger partial charge in [-0.2, -0.15) is 0 Å². The molecule has 0 N–H and O–H groups in total. The number of fused-ring (bicyclic) bond motifs is 1. The van der Waals surface area contributed by atoms with E-state index in [0.29, 0.717) is 56.7 Å². The lowest BCUT2D eigenvalue weighted by Crippen LogP contribution is -2.08. The van der Waals surface area contributed by atoms with Gasteiger partial charge in [-0.05, 0) is 54.4 Å². The number of methoxy groups -OCH3 is 2. The van der Waals surface area contributed by atoms with Crippen LogP contribution in [0.15, 0.2) is 69.9 Å². The molecule has 0 bridgehead atoms. The van der Waals surface area contributed by atoms with Gasteiger partial charge in [0.2, 0.25) is 5.43 Å². The molecule has 1 heterocycles. The van der Waals surface area contributed by atoms with Gasteiger partial charge in [0.15, 0.2) is 11.5 Å². The largest absolute Gasteiger partial charge is 0.493 e. The molecule has 0 aliphatic rings. The zero-order valence-corrected chi connectivity index (χ0v) is 18.2. The van der Waals surface area contributed by atoms with Crippen molar-refractivity contribution < 1.29 is 18.6 Å². The van der Waals surface area contributed by atoms with Crippen LogP contribution in [0.1, 0.15) is 11.3 Å². The second-order valence-corrected chi connectivity index (χ2v) is 7.44. The zero-order chi connectivity index (χ0) is 22.0. The monoisotopic (exact) mass is 436 g/mol. The molecular weight excluding hydrogens is 416 g/mol. The molecule has 5 nitrogen and oxygen atoms in total. The Morgan fingerprint density at radius 3 is 2.35 bits per heavy atom. The van der Waals surface area contributed by atoms with Crippen LogP contribution in [-0.2, 0) is 6.61 Å².